The Morgan fingerprint density at radius 1 is 1.42 bits per heavy atom. The van der Waals surface area contributed by atoms with Crippen molar-refractivity contribution in [3.8, 4) is 0 Å². The van der Waals surface area contributed by atoms with E-state index in [0.717, 1.165) is 12.6 Å². The lowest BCUT2D eigenvalue weighted by Crippen LogP contribution is -2.03. The SMILES string of the molecule is O=[N+]([O-])/C=C/C1CC2C=CC1C2. The van der Waals surface area contributed by atoms with Crippen LogP contribution in [0.15, 0.2) is 24.4 Å². The lowest BCUT2D eigenvalue weighted by Gasteiger charge is -2.11. The Balaban J connectivity index is 1.99. The van der Waals surface area contributed by atoms with Gasteiger partial charge in [-0.05, 0) is 36.7 Å². The summed E-state index contributed by atoms with van der Waals surface area (Å²) < 4.78 is 0. The van der Waals surface area contributed by atoms with Crippen molar-refractivity contribution >= 4 is 0 Å². The van der Waals surface area contributed by atoms with E-state index >= 15 is 0 Å². The van der Waals surface area contributed by atoms with Gasteiger partial charge in [0, 0.05) is 0 Å². The van der Waals surface area contributed by atoms with Gasteiger partial charge in [0.1, 0.15) is 0 Å². The van der Waals surface area contributed by atoms with Crippen LogP contribution in [-0.4, -0.2) is 4.92 Å². The first-order chi connectivity index (χ1) is 5.75. The maximum Gasteiger partial charge on any atom is 0.230 e. The number of hydrogen-bond acceptors (Lipinski definition) is 2. The Bertz CT molecular complexity index is 257. The number of fused-ring (bicyclic) bond motifs is 2. The smallest absolute Gasteiger partial charge is 0.230 e. The molecule has 2 bridgehead atoms. The molecule has 0 aliphatic heterocycles. The minimum Gasteiger partial charge on any atom is -0.259 e. The standard InChI is InChI=1S/C9H11NO2/c11-10(12)4-3-9-6-7-1-2-8(9)5-7/h1-4,7-9H,5-6H2/b4-3+. The summed E-state index contributed by atoms with van der Waals surface area (Å²) in [5, 5.41) is 10.1. The molecule has 3 heteroatoms. The molecular weight excluding hydrogens is 154 g/mol. The Hall–Kier alpha value is -1.12. The maximum absolute atomic E-state index is 10.1. The second-order valence-corrected chi connectivity index (χ2v) is 3.57. The second-order valence-electron chi connectivity index (χ2n) is 3.57. The predicted octanol–water partition coefficient (Wildman–Crippen LogP) is 1.99. The molecular formula is C9H11NO2. The van der Waals surface area contributed by atoms with Gasteiger partial charge in [0.2, 0.25) is 6.20 Å². The van der Waals surface area contributed by atoms with Crippen LogP contribution in [0.1, 0.15) is 12.8 Å². The van der Waals surface area contributed by atoms with Gasteiger partial charge in [-0.25, -0.2) is 0 Å². The molecule has 2 rings (SSSR count). The molecule has 0 aromatic rings. The summed E-state index contributed by atoms with van der Waals surface area (Å²) in [5.74, 6) is 1.69. The zero-order valence-electron chi connectivity index (χ0n) is 6.72. The molecule has 2 aliphatic rings. The van der Waals surface area contributed by atoms with Gasteiger partial charge in [-0.3, -0.25) is 10.1 Å². The summed E-state index contributed by atoms with van der Waals surface area (Å²) in [6.07, 6.45) is 9.57. The van der Waals surface area contributed by atoms with Crippen LogP contribution < -0.4 is 0 Å². The Morgan fingerprint density at radius 2 is 2.25 bits per heavy atom. The maximum atomic E-state index is 10.1. The van der Waals surface area contributed by atoms with Crippen LogP contribution in [0.2, 0.25) is 0 Å². The highest BCUT2D eigenvalue weighted by molar-refractivity contribution is 5.13. The molecule has 3 atom stereocenters. The molecule has 64 valence electrons. The quantitative estimate of drug-likeness (QED) is 0.357. The first-order valence-corrected chi connectivity index (χ1v) is 4.26. The van der Waals surface area contributed by atoms with E-state index < -0.39 is 0 Å². The zero-order chi connectivity index (χ0) is 8.55. The summed E-state index contributed by atoms with van der Waals surface area (Å²) in [5.41, 5.74) is 0. The largest absolute Gasteiger partial charge is 0.259 e. The van der Waals surface area contributed by atoms with Crippen molar-refractivity contribution in [2.24, 2.45) is 17.8 Å². The molecule has 1 fully saturated rings. The van der Waals surface area contributed by atoms with Crippen LogP contribution in [0.4, 0.5) is 0 Å². The number of allylic oxidation sites excluding steroid dienone is 3. The topological polar surface area (TPSA) is 43.1 Å². The molecule has 0 aromatic heterocycles. The van der Waals surface area contributed by atoms with Crippen molar-refractivity contribution in [1.82, 2.24) is 0 Å². The molecule has 2 aliphatic carbocycles. The van der Waals surface area contributed by atoms with Crippen molar-refractivity contribution in [3.63, 3.8) is 0 Å². The third kappa shape index (κ3) is 1.26. The Kier molecular flexibility index (Phi) is 1.71. The minimum atomic E-state index is -0.379. The van der Waals surface area contributed by atoms with E-state index in [9.17, 15) is 10.1 Å². The van der Waals surface area contributed by atoms with E-state index in [2.05, 4.69) is 12.2 Å². The van der Waals surface area contributed by atoms with Crippen LogP contribution in [0.5, 0.6) is 0 Å². The number of nitro groups is 1. The lowest BCUT2D eigenvalue weighted by atomic mass is 9.94. The fourth-order valence-corrected chi connectivity index (χ4v) is 2.23. The van der Waals surface area contributed by atoms with Gasteiger partial charge in [-0.15, -0.1) is 0 Å². The van der Waals surface area contributed by atoms with Crippen LogP contribution in [-0.2, 0) is 0 Å². The summed E-state index contributed by atoms with van der Waals surface area (Å²) in [6, 6.07) is 0. The van der Waals surface area contributed by atoms with Crippen molar-refractivity contribution in [1.29, 1.82) is 0 Å². The molecule has 3 unspecified atom stereocenters. The summed E-state index contributed by atoms with van der Waals surface area (Å²) in [4.78, 5) is 9.68. The molecule has 0 amide bonds. The monoisotopic (exact) mass is 165 g/mol. The van der Waals surface area contributed by atoms with Crippen LogP contribution >= 0.6 is 0 Å². The van der Waals surface area contributed by atoms with Crippen molar-refractivity contribution in [3.05, 3.63) is 34.5 Å². The molecule has 0 spiro atoms. The number of hydrogen-bond donors (Lipinski definition) is 0. The normalized spacial score (nSPS) is 38.2. The third-order valence-electron chi connectivity index (χ3n) is 2.79. The van der Waals surface area contributed by atoms with Crippen LogP contribution in [0, 0.1) is 27.9 Å². The highest BCUT2D eigenvalue weighted by atomic mass is 16.6. The van der Waals surface area contributed by atoms with E-state index in [1.54, 1.807) is 6.08 Å². The molecule has 12 heavy (non-hydrogen) atoms. The van der Waals surface area contributed by atoms with E-state index in [1.165, 1.54) is 6.42 Å². The van der Waals surface area contributed by atoms with Crippen LogP contribution in [0.25, 0.3) is 0 Å². The third-order valence-corrected chi connectivity index (χ3v) is 2.79. The highest BCUT2D eigenvalue weighted by Crippen LogP contribution is 2.43. The average molecular weight is 165 g/mol. The van der Waals surface area contributed by atoms with Crippen LogP contribution in [0.3, 0.4) is 0 Å². The van der Waals surface area contributed by atoms with E-state index in [0.29, 0.717) is 17.8 Å². The number of rotatable bonds is 2. The fourth-order valence-electron chi connectivity index (χ4n) is 2.23. The summed E-state index contributed by atoms with van der Waals surface area (Å²) in [6.45, 7) is 0. The molecule has 0 N–H and O–H groups in total. The molecule has 0 radical (unpaired) electrons. The van der Waals surface area contributed by atoms with Gasteiger partial charge in [0.15, 0.2) is 0 Å². The Morgan fingerprint density at radius 3 is 2.75 bits per heavy atom. The van der Waals surface area contributed by atoms with E-state index in [4.69, 9.17) is 0 Å². The van der Waals surface area contributed by atoms with Gasteiger partial charge >= 0.3 is 0 Å². The van der Waals surface area contributed by atoms with Crippen molar-refractivity contribution < 1.29 is 4.92 Å². The lowest BCUT2D eigenvalue weighted by molar-refractivity contribution is -0.402. The fraction of sp³-hybridized carbons (Fsp3) is 0.556. The van der Waals surface area contributed by atoms with Gasteiger partial charge in [0.25, 0.3) is 0 Å². The van der Waals surface area contributed by atoms with Gasteiger partial charge in [-0.1, -0.05) is 12.2 Å². The van der Waals surface area contributed by atoms with Gasteiger partial charge in [0.05, 0.1) is 4.92 Å². The number of nitrogens with zero attached hydrogens (tertiary/aromatic N) is 1. The minimum absolute atomic E-state index is 0.379. The average Bonchev–Trinajstić information content (AvgIpc) is 2.60. The van der Waals surface area contributed by atoms with Crippen molar-refractivity contribution in [2.45, 2.75) is 12.8 Å². The van der Waals surface area contributed by atoms with Crippen molar-refractivity contribution in [2.75, 3.05) is 0 Å². The first-order valence-electron chi connectivity index (χ1n) is 4.26. The van der Waals surface area contributed by atoms with Gasteiger partial charge in [-0.2, -0.15) is 0 Å². The molecule has 3 nitrogen and oxygen atoms in total. The summed E-state index contributed by atoms with van der Waals surface area (Å²) in [7, 11) is 0. The molecule has 0 saturated heterocycles. The second kappa shape index (κ2) is 2.73. The molecule has 0 aromatic carbocycles. The molecule has 0 heterocycles. The first kappa shape index (κ1) is 7.53. The zero-order valence-corrected chi connectivity index (χ0v) is 6.72. The van der Waals surface area contributed by atoms with E-state index in [1.807, 2.05) is 0 Å². The van der Waals surface area contributed by atoms with E-state index in [-0.39, 0.29) is 4.92 Å². The predicted molar refractivity (Wildman–Crippen MR) is 45.0 cm³/mol. The Labute approximate surface area is 70.9 Å². The molecule has 1 saturated carbocycles. The summed E-state index contributed by atoms with van der Waals surface area (Å²) >= 11 is 0. The highest BCUT2D eigenvalue weighted by Gasteiger charge is 2.34. The van der Waals surface area contributed by atoms with Gasteiger partial charge < -0.3 is 0 Å².